The summed E-state index contributed by atoms with van der Waals surface area (Å²) in [6.07, 6.45) is 9.76. The lowest BCUT2D eigenvalue weighted by molar-refractivity contribution is -0.144. The maximum Gasteiger partial charge on any atom is 0.246 e. The van der Waals surface area contributed by atoms with Gasteiger partial charge in [-0.25, -0.2) is 15.0 Å². The molecule has 1 aliphatic heterocycles. The van der Waals surface area contributed by atoms with Crippen LogP contribution in [0, 0.1) is 24.7 Å². The van der Waals surface area contributed by atoms with Crippen molar-refractivity contribution < 1.29 is 43.2 Å². The summed E-state index contributed by atoms with van der Waals surface area (Å²) >= 11 is 1.57. The van der Waals surface area contributed by atoms with Gasteiger partial charge < -0.3 is 49.6 Å². The predicted octanol–water partition coefficient (Wildman–Crippen LogP) is 5.59. The molecule has 1 aliphatic rings. The first-order chi connectivity index (χ1) is 31.8. The minimum atomic E-state index is -0.977. The van der Waals surface area contributed by atoms with Gasteiger partial charge in [-0.05, 0) is 47.7 Å². The van der Waals surface area contributed by atoms with Crippen molar-refractivity contribution >= 4 is 51.5 Å². The van der Waals surface area contributed by atoms with Gasteiger partial charge in [0, 0.05) is 49.3 Å². The van der Waals surface area contributed by atoms with Gasteiger partial charge in [-0.1, -0.05) is 69.2 Å². The lowest BCUT2D eigenvalue weighted by Crippen LogP contribution is -2.58. The fourth-order valence-corrected chi connectivity index (χ4v) is 7.96. The SMILES string of the molecule is C#Cc1cccc(Nc2ncnc3cc(OCCOC)c(OCCOCC=CCOCC(=O)N[C@H](C(=O)N4C[C@H](O)CC4C(=O)NCc4ccc(-c5scnc5C)cc4)C(C)(C)C)cc23)c1. The number of amides is 3. The standard InChI is InChI=1S/C49H57N7O9S/c1-7-33-11-10-12-36(23-33)54-46-38-25-41(42(64-21-19-61-6)26-39(38)51-30-52-46)65-22-20-62-17-8-9-18-63-29-43(58)55-45(49(3,4)5)48(60)56-28-37(57)24-40(56)47(59)50-27-34-13-15-35(16-14-34)44-32(2)53-31-66-44/h1,8-16,23,25-26,30-31,37,40,45,57H,17-22,24,27-29H2,2-6H3,(H,50,59)(H,55,58)(H,51,52,54)/t37-,40?,45-/m1/s1. The monoisotopic (exact) mass is 919 g/mol. The van der Waals surface area contributed by atoms with E-state index in [0.29, 0.717) is 41.4 Å². The molecule has 1 fully saturated rings. The van der Waals surface area contributed by atoms with Crippen molar-refractivity contribution in [1.29, 1.82) is 0 Å². The van der Waals surface area contributed by atoms with E-state index < -0.39 is 35.4 Å². The quantitative estimate of drug-likeness (QED) is 0.0382. The number of hydrogen-bond donors (Lipinski definition) is 4. The lowest BCUT2D eigenvalue weighted by Gasteiger charge is -2.35. The molecule has 0 aliphatic carbocycles. The fraction of sp³-hybridized carbons (Fsp3) is 0.388. The summed E-state index contributed by atoms with van der Waals surface area (Å²) in [6, 6.07) is 17.1. The Morgan fingerprint density at radius 1 is 0.970 bits per heavy atom. The molecule has 5 aromatic rings. The van der Waals surface area contributed by atoms with Crippen LogP contribution in [0.1, 0.15) is 44.0 Å². The van der Waals surface area contributed by atoms with Gasteiger partial charge >= 0.3 is 0 Å². The number of aryl methyl sites for hydroxylation is 1. The number of fused-ring (bicyclic) bond motifs is 1. The van der Waals surface area contributed by atoms with Gasteiger partial charge in [-0.2, -0.15) is 0 Å². The summed E-state index contributed by atoms with van der Waals surface area (Å²) in [5.74, 6) is 2.86. The highest BCUT2D eigenvalue weighted by molar-refractivity contribution is 7.13. The molecular weight excluding hydrogens is 863 g/mol. The Hall–Kier alpha value is -6.42. The van der Waals surface area contributed by atoms with Gasteiger partial charge in [0.1, 0.15) is 44.0 Å². The Morgan fingerprint density at radius 3 is 2.42 bits per heavy atom. The highest BCUT2D eigenvalue weighted by Gasteiger charge is 2.44. The molecule has 2 aromatic heterocycles. The molecule has 0 bridgehead atoms. The second kappa shape index (κ2) is 23.7. The molecule has 0 radical (unpaired) electrons. The van der Waals surface area contributed by atoms with Crippen LogP contribution in [0.2, 0.25) is 0 Å². The normalized spacial score (nSPS) is 15.4. The Balaban J connectivity index is 0.937. The summed E-state index contributed by atoms with van der Waals surface area (Å²) in [5, 5.41) is 20.3. The third-order valence-corrected chi connectivity index (χ3v) is 11.5. The summed E-state index contributed by atoms with van der Waals surface area (Å²) in [5.41, 5.74) is 6.16. The first-order valence-corrected chi connectivity index (χ1v) is 22.4. The summed E-state index contributed by atoms with van der Waals surface area (Å²) in [4.78, 5) is 56.1. The number of methoxy groups -OCH3 is 1. The molecule has 3 atom stereocenters. The highest BCUT2D eigenvalue weighted by Crippen LogP contribution is 2.35. The van der Waals surface area contributed by atoms with Crippen LogP contribution in [0.25, 0.3) is 21.3 Å². The molecule has 3 aromatic carbocycles. The van der Waals surface area contributed by atoms with Crippen molar-refractivity contribution in [2.24, 2.45) is 5.41 Å². The number of likely N-dealkylation sites (tertiary alicyclic amines) is 1. The number of thiazole rings is 1. The lowest BCUT2D eigenvalue weighted by atomic mass is 9.85. The number of aromatic nitrogens is 3. The van der Waals surface area contributed by atoms with E-state index in [0.717, 1.165) is 32.9 Å². The van der Waals surface area contributed by atoms with E-state index in [1.807, 2.05) is 87.8 Å². The van der Waals surface area contributed by atoms with Crippen LogP contribution in [0.15, 0.2) is 84.7 Å². The van der Waals surface area contributed by atoms with Crippen LogP contribution in [0.4, 0.5) is 11.5 Å². The fourth-order valence-electron chi connectivity index (χ4n) is 7.15. The number of hydrogen-bond acceptors (Lipinski definition) is 14. The van der Waals surface area contributed by atoms with Gasteiger partial charge in [0.25, 0.3) is 0 Å². The zero-order chi connectivity index (χ0) is 47.1. The number of aliphatic hydroxyl groups excluding tert-OH is 1. The number of anilines is 2. The van der Waals surface area contributed by atoms with E-state index in [2.05, 4.69) is 36.8 Å². The van der Waals surface area contributed by atoms with Crippen molar-refractivity contribution in [3.63, 3.8) is 0 Å². The molecule has 3 heterocycles. The maximum atomic E-state index is 14.0. The molecule has 4 N–H and O–H groups in total. The number of nitrogens with one attached hydrogen (secondary N) is 3. The van der Waals surface area contributed by atoms with Gasteiger partial charge in [-0.15, -0.1) is 17.8 Å². The average molecular weight is 920 g/mol. The number of β-amino-alcohol motifs (C(OH)–C–C–N with tert-alkyl or cyclic N) is 1. The zero-order valence-electron chi connectivity index (χ0n) is 37.9. The second-order valence-corrected chi connectivity index (χ2v) is 17.4. The van der Waals surface area contributed by atoms with E-state index >= 15 is 0 Å². The van der Waals surface area contributed by atoms with E-state index in [1.54, 1.807) is 36.7 Å². The van der Waals surface area contributed by atoms with Gasteiger partial charge in [-0.3, -0.25) is 14.4 Å². The van der Waals surface area contributed by atoms with Crippen molar-refractivity contribution in [3.8, 4) is 34.3 Å². The Morgan fingerprint density at radius 2 is 1.71 bits per heavy atom. The first-order valence-electron chi connectivity index (χ1n) is 21.6. The number of ether oxygens (including phenoxy) is 5. The molecular formula is C49H57N7O9S. The molecule has 1 unspecified atom stereocenters. The van der Waals surface area contributed by atoms with Crippen LogP contribution in [-0.2, 0) is 35.1 Å². The summed E-state index contributed by atoms with van der Waals surface area (Å²) < 4.78 is 28.5. The molecule has 3 amide bonds. The first kappa shape index (κ1) is 49.0. The smallest absolute Gasteiger partial charge is 0.246 e. The number of rotatable bonds is 22. The van der Waals surface area contributed by atoms with E-state index in [4.69, 9.17) is 30.1 Å². The number of terminal acetylenes is 1. The molecule has 66 heavy (non-hydrogen) atoms. The molecule has 17 heteroatoms. The van der Waals surface area contributed by atoms with E-state index in [9.17, 15) is 19.5 Å². The molecule has 6 rings (SSSR count). The number of benzene rings is 3. The second-order valence-electron chi connectivity index (χ2n) is 16.6. The average Bonchev–Trinajstić information content (AvgIpc) is 3.92. The van der Waals surface area contributed by atoms with Crippen molar-refractivity contribution in [1.82, 2.24) is 30.5 Å². The third kappa shape index (κ3) is 13.6. The van der Waals surface area contributed by atoms with Crippen LogP contribution in [0.3, 0.4) is 0 Å². The van der Waals surface area contributed by atoms with Crippen LogP contribution < -0.4 is 25.4 Å². The zero-order valence-corrected chi connectivity index (χ0v) is 38.7. The van der Waals surface area contributed by atoms with Crippen molar-refractivity contribution in [2.45, 2.75) is 58.8 Å². The minimum absolute atomic E-state index is 0.0239. The maximum absolute atomic E-state index is 14.0. The third-order valence-electron chi connectivity index (χ3n) is 10.6. The molecule has 0 saturated carbocycles. The Labute approximate surface area is 389 Å². The van der Waals surface area contributed by atoms with Crippen LogP contribution in [-0.4, -0.2) is 121 Å². The molecule has 348 valence electrons. The van der Waals surface area contributed by atoms with Gasteiger partial charge in [0.05, 0.1) is 54.1 Å². The highest BCUT2D eigenvalue weighted by atomic mass is 32.1. The van der Waals surface area contributed by atoms with Crippen LogP contribution >= 0.6 is 11.3 Å². The number of nitrogens with zero attached hydrogens (tertiary/aromatic N) is 4. The van der Waals surface area contributed by atoms with Crippen molar-refractivity contribution in [3.05, 3.63) is 101 Å². The molecule has 16 nitrogen and oxygen atoms in total. The Kier molecular flexibility index (Phi) is 17.6. The van der Waals surface area contributed by atoms with E-state index in [-0.39, 0.29) is 58.5 Å². The van der Waals surface area contributed by atoms with Gasteiger partial charge in [0.15, 0.2) is 11.5 Å². The molecule has 1 saturated heterocycles. The summed E-state index contributed by atoms with van der Waals surface area (Å²) in [6.45, 7) is 8.94. The number of carbonyl (C=O) groups excluding carboxylic acids is 3. The minimum Gasteiger partial charge on any atom is -0.487 e. The van der Waals surface area contributed by atoms with E-state index in [1.165, 1.54) is 11.2 Å². The van der Waals surface area contributed by atoms with Crippen LogP contribution in [0.5, 0.6) is 11.5 Å². The number of carbonyl (C=O) groups is 3. The predicted molar refractivity (Wildman–Crippen MR) is 252 cm³/mol. The topological polar surface area (TPSA) is 196 Å². The number of aliphatic hydroxyl groups is 1. The molecule has 0 spiro atoms. The largest absolute Gasteiger partial charge is 0.487 e. The Bertz CT molecular complexity index is 2500. The van der Waals surface area contributed by atoms with Crippen molar-refractivity contribution in [2.75, 3.05) is 65.2 Å². The summed E-state index contributed by atoms with van der Waals surface area (Å²) in [7, 11) is 1.60. The van der Waals surface area contributed by atoms with Gasteiger partial charge in [0.2, 0.25) is 17.7 Å².